The van der Waals surface area contributed by atoms with Crippen molar-refractivity contribution in [3.05, 3.63) is 44.8 Å². The van der Waals surface area contributed by atoms with E-state index in [0.717, 1.165) is 28.3 Å². The molecule has 5 nitrogen and oxygen atoms in total. The zero-order chi connectivity index (χ0) is 18.0. The molecule has 1 N–H and O–H groups in total. The van der Waals surface area contributed by atoms with E-state index in [2.05, 4.69) is 10.3 Å². The lowest BCUT2D eigenvalue weighted by Crippen LogP contribution is -2.25. The smallest absolute Gasteiger partial charge is 0.268 e. The molecule has 1 aliphatic rings. The highest BCUT2D eigenvalue weighted by Gasteiger charge is 2.21. The topological polar surface area (TPSA) is 64.0 Å². The van der Waals surface area contributed by atoms with Gasteiger partial charge in [0.1, 0.15) is 0 Å². The Kier molecular flexibility index (Phi) is 5.76. The molecule has 0 spiro atoms. The molecule has 3 rings (SSSR count). The molecule has 1 amide bonds. The van der Waals surface area contributed by atoms with Gasteiger partial charge in [-0.05, 0) is 31.5 Å². The molecule has 2 aromatic rings. The molecule has 1 aliphatic heterocycles. The monoisotopic (exact) mass is 395 g/mol. The molecule has 8 heteroatoms. The first-order valence-electron chi connectivity index (χ1n) is 7.95. The second kappa shape index (κ2) is 7.85. The maximum absolute atomic E-state index is 12.5. The molecule has 132 valence electrons. The highest BCUT2D eigenvalue weighted by Crippen LogP contribution is 2.28. The van der Waals surface area contributed by atoms with Crippen LogP contribution in [0.4, 0.5) is 5.69 Å². The fourth-order valence-electron chi connectivity index (χ4n) is 2.51. The molecule has 0 saturated carbocycles. The summed E-state index contributed by atoms with van der Waals surface area (Å²) in [7, 11) is 0. The van der Waals surface area contributed by atoms with Crippen molar-refractivity contribution in [3.63, 3.8) is 0 Å². The summed E-state index contributed by atoms with van der Waals surface area (Å²) in [5, 5.41) is 4.04. The van der Waals surface area contributed by atoms with Gasteiger partial charge < -0.3 is 5.32 Å². The number of anilines is 1. The van der Waals surface area contributed by atoms with Crippen molar-refractivity contribution in [1.82, 2.24) is 9.55 Å². The van der Waals surface area contributed by atoms with Gasteiger partial charge in [-0.25, -0.2) is 4.98 Å². The summed E-state index contributed by atoms with van der Waals surface area (Å²) < 4.78 is 1.64. The van der Waals surface area contributed by atoms with E-state index in [4.69, 9.17) is 11.6 Å². The quantitative estimate of drug-likeness (QED) is 0.619. The van der Waals surface area contributed by atoms with Gasteiger partial charge in [-0.2, -0.15) is 0 Å². The van der Waals surface area contributed by atoms with Crippen LogP contribution in [0.2, 0.25) is 5.02 Å². The molecule has 25 heavy (non-hydrogen) atoms. The van der Waals surface area contributed by atoms with Crippen molar-refractivity contribution in [2.24, 2.45) is 0 Å². The summed E-state index contributed by atoms with van der Waals surface area (Å²) in [5.74, 6) is 0.921. The van der Waals surface area contributed by atoms with Crippen molar-refractivity contribution >= 4 is 46.7 Å². The highest BCUT2D eigenvalue weighted by atomic mass is 35.5. The first kappa shape index (κ1) is 18.4. The Balaban J connectivity index is 1.71. The van der Waals surface area contributed by atoms with E-state index in [1.54, 1.807) is 22.4 Å². The lowest BCUT2D eigenvalue weighted by Gasteiger charge is -2.12. The third kappa shape index (κ3) is 4.04. The standard InChI is InChI=1S/C17H18ClN3O2S2/c1-3-21-16(23)15-13(6-7-24-15)20-17(21)25-9-14(22)19-11-5-4-10(2)12(18)8-11/h4-5,8H,3,6-7,9H2,1-2H3,(H,19,22). The average Bonchev–Trinajstić information content (AvgIpc) is 3.05. The van der Waals surface area contributed by atoms with E-state index in [0.29, 0.717) is 22.4 Å². The Bertz CT molecular complexity index is 883. The lowest BCUT2D eigenvalue weighted by molar-refractivity contribution is -0.113. The minimum absolute atomic E-state index is 0.00299. The summed E-state index contributed by atoms with van der Waals surface area (Å²) in [6.07, 6.45) is 0.807. The highest BCUT2D eigenvalue weighted by molar-refractivity contribution is 8.00. The summed E-state index contributed by atoms with van der Waals surface area (Å²) in [5.41, 5.74) is 2.48. The Labute approximate surface area is 159 Å². The number of rotatable bonds is 5. The van der Waals surface area contributed by atoms with Gasteiger partial charge in [0.05, 0.1) is 16.3 Å². The second-order valence-electron chi connectivity index (χ2n) is 5.62. The molecule has 0 atom stereocenters. The molecule has 1 aromatic carbocycles. The number of nitrogens with zero attached hydrogens (tertiary/aromatic N) is 2. The van der Waals surface area contributed by atoms with Gasteiger partial charge in [0, 0.05) is 29.4 Å². The maximum atomic E-state index is 12.5. The van der Waals surface area contributed by atoms with Gasteiger partial charge in [-0.3, -0.25) is 14.2 Å². The van der Waals surface area contributed by atoms with Crippen LogP contribution in [0.1, 0.15) is 18.2 Å². The van der Waals surface area contributed by atoms with Crippen molar-refractivity contribution in [1.29, 1.82) is 0 Å². The number of hydrogen-bond acceptors (Lipinski definition) is 5. The molecule has 0 radical (unpaired) electrons. The fraction of sp³-hybridized carbons (Fsp3) is 0.353. The van der Waals surface area contributed by atoms with Crippen LogP contribution in [0.15, 0.2) is 33.0 Å². The summed E-state index contributed by atoms with van der Waals surface area (Å²) >= 11 is 8.92. The number of benzene rings is 1. The molecule has 1 aromatic heterocycles. The zero-order valence-electron chi connectivity index (χ0n) is 14.0. The van der Waals surface area contributed by atoms with Crippen LogP contribution in [0.25, 0.3) is 0 Å². The number of hydrogen-bond donors (Lipinski definition) is 1. The molecule has 0 fully saturated rings. The Hall–Kier alpha value is -1.44. The van der Waals surface area contributed by atoms with E-state index >= 15 is 0 Å². The Morgan fingerprint density at radius 2 is 2.28 bits per heavy atom. The van der Waals surface area contributed by atoms with Gasteiger partial charge >= 0.3 is 0 Å². The zero-order valence-corrected chi connectivity index (χ0v) is 16.4. The minimum Gasteiger partial charge on any atom is -0.325 e. The van der Waals surface area contributed by atoms with Crippen molar-refractivity contribution in [3.8, 4) is 0 Å². The molecular formula is C17H18ClN3O2S2. The van der Waals surface area contributed by atoms with Crippen LogP contribution in [-0.2, 0) is 17.8 Å². The van der Waals surface area contributed by atoms with Crippen LogP contribution >= 0.6 is 35.1 Å². The number of fused-ring (bicyclic) bond motifs is 1. The van der Waals surface area contributed by atoms with Gasteiger partial charge in [0.15, 0.2) is 5.16 Å². The predicted molar refractivity (Wildman–Crippen MR) is 104 cm³/mol. The lowest BCUT2D eigenvalue weighted by atomic mass is 10.2. The minimum atomic E-state index is -0.156. The Morgan fingerprint density at radius 1 is 1.48 bits per heavy atom. The predicted octanol–water partition coefficient (Wildman–Crippen LogP) is 3.60. The summed E-state index contributed by atoms with van der Waals surface area (Å²) in [4.78, 5) is 30.0. The molecule has 0 saturated heterocycles. The van der Waals surface area contributed by atoms with Crippen LogP contribution in [0, 0.1) is 6.92 Å². The van der Waals surface area contributed by atoms with Gasteiger partial charge in [0.25, 0.3) is 5.56 Å². The number of halogens is 1. The van der Waals surface area contributed by atoms with Crippen molar-refractivity contribution in [2.45, 2.75) is 36.9 Å². The number of thioether (sulfide) groups is 2. The normalized spacial score (nSPS) is 12.9. The first-order valence-corrected chi connectivity index (χ1v) is 10.3. The number of nitrogens with one attached hydrogen (secondary N) is 1. The largest absolute Gasteiger partial charge is 0.325 e. The third-order valence-corrected chi connectivity index (χ3v) is 6.34. The van der Waals surface area contributed by atoms with Gasteiger partial charge in [-0.1, -0.05) is 29.4 Å². The molecular weight excluding hydrogens is 378 g/mol. The number of amides is 1. The van der Waals surface area contributed by atoms with E-state index in [1.165, 1.54) is 11.8 Å². The molecule has 0 unspecified atom stereocenters. The summed E-state index contributed by atoms with van der Waals surface area (Å²) in [6.45, 7) is 4.36. The van der Waals surface area contributed by atoms with Crippen LogP contribution in [-0.4, -0.2) is 27.0 Å². The number of aromatic nitrogens is 2. The fourth-order valence-corrected chi connectivity index (χ4v) is 4.61. The number of carbonyl (C=O) groups excluding carboxylic acids is 1. The third-order valence-electron chi connectivity index (χ3n) is 3.85. The van der Waals surface area contributed by atoms with E-state index in [9.17, 15) is 9.59 Å². The van der Waals surface area contributed by atoms with Gasteiger partial charge in [-0.15, -0.1) is 11.8 Å². The van der Waals surface area contributed by atoms with E-state index in [-0.39, 0.29) is 17.2 Å². The van der Waals surface area contributed by atoms with Crippen LogP contribution < -0.4 is 10.9 Å². The van der Waals surface area contributed by atoms with E-state index < -0.39 is 0 Å². The average molecular weight is 396 g/mol. The molecule has 2 heterocycles. The number of aryl methyl sites for hydroxylation is 2. The van der Waals surface area contributed by atoms with Gasteiger partial charge in [0.2, 0.25) is 5.91 Å². The van der Waals surface area contributed by atoms with Crippen molar-refractivity contribution < 1.29 is 4.79 Å². The maximum Gasteiger partial charge on any atom is 0.268 e. The SMILES string of the molecule is CCn1c(SCC(=O)Nc2ccc(C)c(Cl)c2)nc2c(c1=O)SCC2. The number of carbonyl (C=O) groups is 1. The Morgan fingerprint density at radius 3 is 3.00 bits per heavy atom. The second-order valence-corrected chi connectivity index (χ2v) is 8.07. The van der Waals surface area contributed by atoms with Crippen LogP contribution in [0.5, 0.6) is 0 Å². The van der Waals surface area contributed by atoms with E-state index in [1.807, 2.05) is 26.0 Å². The van der Waals surface area contributed by atoms with Crippen molar-refractivity contribution in [2.75, 3.05) is 16.8 Å². The molecule has 0 bridgehead atoms. The first-order chi connectivity index (χ1) is 12.0. The molecule has 0 aliphatic carbocycles. The summed E-state index contributed by atoms with van der Waals surface area (Å²) in [6, 6.07) is 5.41. The van der Waals surface area contributed by atoms with Crippen LogP contribution in [0.3, 0.4) is 0 Å².